The van der Waals surface area contributed by atoms with Gasteiger partial charge in [-0.15, -0.1) is 0 Å². The standard InChI is InChI=1S/C15H31N3O2/c1-4-5-6-7-13(2)17-15(19)12-18-8-9-20-14(11-18)10-16-3/h13-14,16H,4-12H2,1-3H3,(H,17,19). The van der Waals surface area contributed by atoms with Crippen LogP contribution in [-0.2, 0) is 9.53 Å². The lowest BCUT2D eigenvalue weighted by Gasteiger charge is -2.32. The molecule has 0 aromatic heterocycles. The Morgan fingerprint density at radius 2 is 2.25 bits per heavy atom. The highest BCUT2D eigenvalue weighted by molar-refractivity contribution is 5.78. The first-order chi connectivity index (χ1) is 9.65. The van der Waals surface area contributed by atoms with Gasteiger partial charge < -0.3 is 15.4 Å². The Labute approximate surface area is 123 Å². The van der Waals surface area contributed by atoms with E-state index in [-0.39, 0.29) is 18.1 Å². The third kappa shape index (κ3) is 7.22. The second-order valence-electron chi connectivity index (χ2n) is 5.75. The maximum absolute atomic E-state index is 12.0. The van der Waals surface area contributed by atoms with Crippen molar-refractivity contribution in [3.63, 3.8) is 0 Å². The van der Waals surface area contributed by atoms with Crippen molar-refractivity contribution in [3.05, 3.63) is 0 Å². The Balaban J connectivity index is 2.20. The first-order valence-corrected chi connectivity index (χ1v) is 7.93. The molecule has 1 aliphatic heterocycles. The number of morpholine rings is 1. The van der Waals surface area contributed by atoms with Crippen LogP contribution in [0.15, 0.2) is 0 Å². The highest BCUT2D eigenvalue weighted by Crippen LogP contribution is 2.05. The minimum absolute atomic E-state index is 0.138. The van der Waals surface area contributed by atoms with E-state index >= 15 is 0 Å². The van der Waals surface area contributed by atoms with Crippen LogP contribution >= 0.6 is 0 Å². The van der Waals surface area contributed by atoms with E-state index < -0.39 is 0 Å². The highest BCUT2D eigenvalue weighted by atomic mass is 16.5. The summed E-state index contributed by atoms with van der Waals surface area (Å²) in [5.74, 6) is 0.138. The molecule has 0 aromatic rings. The lowest BCUT2D eigenvalue weighted by atomic mass is 10.1. The van der Waals surface area contributed by atoms with Gasteiger partial charge in [0, 0.05) is 25.7 Å². The second-order valence-corrected chi connectivity index (χ2v) is 5.75. The van der Waals surface area contributed by atoms with E-state index in [2.05, 4.69) is 29.4 Å². The van der Waals surface area contributed by atoms with Gasteiger partial charge in [0.2, 0.25) is 5.91 Å². The topological polar surface area (TPSA) is 53.6 Å². The number of nitrogens with one attached hydrogen (secondary N) is 2. The molecule has 20 heavy (non-hydrogen) atoms. The number of unbranched alkanes of at least 4 members (excludes halogenated alkanes) is 2. The molecule has 5 heteroatoms. The summed E-state index contributed by atoms with van der Waals surface area (Å²) in [7, 11) is 1.92. The largest absolute Gasteiger partial charge is 0.374 e. The second kappa shape index (κ2) is 10.1. The van der Waals surface area contributed by atoms with Gasteiger partial charge in [0.05, 0.1) is 19.3 Å². The van der Waals surface area contributed by atoms with E-state index in [4.69, 9.17) is 4.74 Å². The first kappa shape index (κ1) is 17.4. The average Bonchev–Trinajstić information content (AvgIpc) is 2.39. The number of ether oxygens (including phenoxy) is 1. The van der Waals surface area contributed by atoms with Gasteiger partial charge in [-0.1, -0.05) is 26.2 Å². The Morgan fingerprint density at radius 1 is 1.45 bits per heavy atom. The molecule has 1 rings (SSSR count). The fourth-order valence-electron chi connectivity index (χ4n) is 2.57. The lowest BCUT2D eigenvalue weighted by Crippen LogP contribution is -2.50. The summed E-state index contributed by atoms with van der Waals surface area (Å²) in [4.78, 5) is 14.2. The van der Waals surface area contributed by atoms with Crippen LogP contribution in [0.4, 0.5) is 0 Å². The maximum atomic E-state index is 12.0. The van der Waals surface area contributed by atoms with Crippen LogP contribution in [0.5, 0.6) is 0 Å². The Morgan fingerprint density at radius 3 is 2.95 bits per heavy atom. The van der Waals surface area contributed by atoms with Crippen LogP contribution in [0.1, 0.15) is 39.5 Å². The van der Waals surface area contributed by atoms with Gasteiger partial charge in [-0.3, -0.25) is 9.69 Å². The van der Waals surface area contributed by atoms with E-state index in [0.717, 1.165) is 26.1 Å². The molecule has 5 nitrogen and oxygen atoms in total. The van der Waals surface area contributed by atoms with Crippen LogP contribution in [0.2, 0.25) is 0 Å². The summed E-state index contributed by atoms with van der Waals surface area (Å²) in [6, 6.07) is 0.281. The fourth-order valence-corrected chi connectivity index (χ4v) is 2.57. The SMILES string of the molecule is CCCCCC(C)NC(=O)CN1CCOC(CNC)C1. The molecule has 0 aromatic carbocycles. The fraction of sp³-hybridized carbons (Fsp3) is 0.933. The summed E-state index contributed by atoms with van der Waals surface area (Å²) in [5, 5.41) is 6.22. The van der Waals surface area contributed by atoms with Crippen molar-refractivity contribution in [2.75, 3.05) is 39.8 Å². The van der Waals surface area contributed by atoms with Crippen LogP contribution in [0, 0.1) is 0 Å². The van der Waals surface area contributed by atoms with E-state index in [1.165, 1.54) is 19.3 Å². The van der Waals surface area contributed by atoms with Gasteiger partial charge >= 0.3 is 0 Å². The number of rotatable bonds is 9. The molecule has 0 aliphatic carbocycles. The van der Waals surface area contributed by atoms with E-state index in [1.807, 2.05) is 7.05 Å². The first-order valence-electron chi connectivity index (χ1n) is 7.93. The van der Waals surface area contributed by atoms with Crippen molar-refractivity contribution in [1.82, 2.24) is 15.5 Å². The van der Waals surface area contributed by atoms with Crippen molar-refractivity contribution >= 4 is 5.91 Å². The van der Waals surface area contributed by atoms with Gasteiger partial charge in [-0.25, -0.2) is 0 Å². The normalized spacial score (nSPS) is 21.6. The Kier molecular flexibility index (Phi) is 8.82. The van der Waals surface area contributed by atoms with Gasteiger partial charge in [-0.05, 0) is 20.4 Å². The number of likely N-dealkylation sites (N-methyl/N-ethyl adjacent to an activating group) is 1. The summed E-state index contributed by atoms with van der Waals surface area (Å²) >= 11 is 0. The van der Waals surface area contributed by atoms with E-state index in [1.54, 1.807) is 0 Å². The van der Waals surface area contributed by atoms with Crippen molar-refractivity contribution in [1.29, 1.82) is 0 Å². The molecular weight excluding hydrogens is 254 g/mol. The molecule has 1 saturated heterocycles. The quantitative estimate of drug-likeness (QED) is 0.620. The van der Waals surface area contributed by atoms with Crippen molar-refractivity contribution < 1.29 is 9.53 Å². The number of hydrogen-bond acceptors (Lipinski definition) is 4. The Bertz CT molecular complexity index is 272. The number of amides is 1. The minimum atomic E-state index is 0.138. The molecule has 0 radical (unpaired) electrons. The van der Waals surface area contributed by atoms with E-state index in [0.29, 0.717) is 13.2 Å². The molecular formula is C15H31N3O2. The predicted octanol–water partition coefficient (Wildman–Crippen LogP) is 0.992. The smallest absolute Gasteiger partial charge is 0.234 e. The zero-order valence-corrected chi connectivity index (χ0v) is 13.3. The number of hydrogen-bond donors (Lipinski definition) is 2. The van der Waals surface area contributed by atoms with Crippen molar-refractivity contribution in [3.8, 4) is 0 Å². The Hall–Kier alpha value is -0.650. The zero-order valence-electron chi connectivity index (χ0n) is 13.3. The summed E-state index contributed by atoms with van der Waals surface area (Å²) < 4.78 is 5.64. The molecule has 2 atom stereocenters. The molecule has 1 fully saturated rings. The lowest BCUT2D eigenvalue weighted by molar-refractivity contribution is -0.124. The minimum Gasteiger partial charge on any atom is -0.374 e. The summed E-state index contributed by atoms with van der Waals surface area (Å²) in [5.41, 5.74) is 0. The van der Waals surface area contributed by atoms with E-state index in [9.17, 15) is 4.79 Å². The third-order valence-corrected chi connectivity index (χ3v) is 3.67. The number of carbonyl (C=O) groups is 1. The summed E-state index contributed by atoms with van der Waals surface area (Å²) in [6.07, 6.45) is 4.94. The molecule has 118 valence electrons. The molecule has 2 N–H and O–H groups in total. The zero-order chi connectivity index (χ0) is 14.8. The third-order valence-electron chi connectivity index (χ3n) is 3.67. The molecule has 1 amide bonds. The van der Waals surface area contributed by atoms with Crippen LogP contribution in [0.3, 0.4) is 0 Å². The highest BCUT2D eigenvalue weighted by Gasteiger charge is 2.21. The monoisotopic (exact) mass is 285 g/mol. The van der Waals surface area contributed by atoms with Crippen LogP contribution in [0.25, 0.3) is 0 Å². The van der Waals surface area contributed by atoms with Crippen molar-refractivity contribution in [2.24, 2.45) is 0 Å². The molecule has 0 saturated carbocycles. The molecule has 0 bridgehead atoms. The summed E-state index contributed by atoms with van der Waals surface area (Å²) in [6.45, 7) is 8.01. The van der Waals surface area contributed by atoms with Crippen LogP contribution < -0.4 is 10.6 Å². The number of carbonyl (C=O) groups excluding carboxylic acids is 1. The molecule has 1 aliphatic rings. The molecule has 0 spiro atoms. The van der Waals surface area contributed by atoms with Crippen molar-refractivity contribution in [2.45, 2.75) is 51.7 Å². The van der Waals surface area contributed by atoms with Gasteiger partial charge in [0.15, 0.2) is 0 Å². The number of nitrogens with zero attached hydrogens (tertiary/aromatic N) is 1. The van der Waals surface area contributed by atoms with Gasteiger partial charge in [0.25, 0.3) is 0 Å². The molecule has 1 heterocycles. The average molecular weight is 285 g/mol. The predicted molar refractivity (Wildman–Crippen MR) is 81.9 cm³/mol. The van der Waals surface area contributed by atoms with Crippen LogP contribution in [-0.4, -0.2) is 62.8 Å². The maximum Gasteiger partial charge on any atom is 0.234 e. The molecule has 2 unspecified atom stereocenters. The van der Waals surface area contributed by atoms with Gasteiger partial charge in [0.1, 0.15) is 0 Å². The van der Waals surface area contributed by atoms with Gasteiger partial charge in [-0.2, -0.15) is 0 Å².